The molecule has 0 aromatic rings. The van der Waals surface area contributed by atoms with Crippen molar-refractivity contribution in [2.45, 2.75) is 52.4 Å². The van der Waals surface area contributed by atoms with Gasteiger partial charge >= 0.3 is 0 Å². The molecule has 0 spiro atoms. The SMILES string of the molecule is CC1(C)C2CCC(CCCCN)C1C2. The second-order valence-corrected chi connectivity index (χ2v) is 5.98. The number of nitrogens with two attached hydrogens (primary N) is 1. The highest BCUT2D eigenvalue weighted by molar-refractivity contribution is 5.02. The van der Waals surface area contributed by atoms with Gasteiger partial charge in [0, 0.05) is 0 Å². The van der Waals surface area contributed by atoms with E-state index in [1.807, 2.05) is 0 Å². The van der Waals surface area contributed by atoms with E-state index in [-0.39, 0.29) is 0 Å². The molecule has 0 amide bonds. The zero-order chi connectivity index (χ0) is 10.2. The molecule has 0 aliphatic heterocycles. The molecule has 0 aromatic carbocycles. The first-order chi connectivity index (χ1) is 6.66. The van der Waals surface area contributed by atoms with E-state index in [1.54, 1.807) is 0 Å². The third-order valence-corrected chi connectivity index (χ3v) is 5.03. The number of rotatable bonds is 4. The summed E-state index contributed by atoms with van der Waals surface area (Å²) in [5.41, 5.74) is 6.21. The summed E-state index contributed by atoms with van der Waals surface area (Å²) in [5.74, 6) is 3.12. The van der Waals surface area contributed by atoms with Gasteiger partial charge in [-0.1, -0.05) is 26.7 Å². The Hall–Kier alpha value is -0.0400. The van der Waals surface area contributed by atoms with E-state index >= 15 is 0 Å². The third-order valence-electron chi connectivity index (χ3n) is 5.03. The van der Waals surface area contributed by atoms with Gasteiger partial charge in [0.1, 0.15) is 0 Å². The monoisotopic (exact) mass is 195 g/mol. The van der Waals surface area contributed by atoms with Crippen LogP contribution < -0.4 is 5.73 Å². The van der Waals surface area contributed by atoms with Gasteiger partial charge in [-0.2, -0.15) is 0 Å². The molecule has 1 heteroatoms. The lowest BCUT2D eigenvalue weighted by Gasteiger charge is -2.60. The second-order valence-electron chi connectivity index (χ2n) is 5.98. The molecular formula is C13H25N. The van der Waals surface area contributed by atoms with Gasteiger partial charge in [0.15, 0.2) is 0 Å². The summed E-state index contributed by atoms with van der Waals surface area (Å²) in [4.78, 5) is 0. The summed E-state index contributed by atoms with van der Waals surface area (Å²) < 4.78 is 0. The van der Waals surface area contributed by atoms with Crippen molar-refractivity contribution >= 4 is 0 Å². The van der Waals surface area contributed by atoms with E-state index in [0.717, 1.165) is 24.3 Å². The molecular weight excluding hydrogens is 170 g/mol. The first kappa shape index (κ1) is 10.5. The Morgan fingerprint density at radius 2 is 2.00 bits per heavy atom. The smallest absolute Gasteiger partial charge is 0.00773 e. The maximum absolute atomic E-state index is 5.54. The van der Waals surface area contributed by atoms with Crippen molar-refractivity contribution in [2.75, 3.05) is 6.54 Å². The van der Waals surface area contributed by atoms with Crippen LogP contribution in [0.5, 0.6) is 0 Å². The lowest BCUT2D eigenvalue weighted by atomic mass is 9.45. The van der Waals surface area contributed by atoms with Crippen LogP contribution in [0.3, 0.4) is 0 Å². The summed E-state index contributed by atoms with van der Waals surface area (Å²) in [6, 6.07) is 0. The predicted octanol–water partition coefficient (Wildman–Crippen LogP) is 3.19. The summed E-state index contributed by atoms with van der Waals surface area (Å²) in [6.45, 7) is 5.85. The molecule has 2 bridgehead atoms. The molecule has 1 nitrogen and oxygen atoms in total. The average Bonchev–Trinajstić information content (AvgIpc) is 2.18. The molecule has 3 aliphatic rings. The maximum Gasteiger partial charge on any atom is -0.00773 e. The van der Waals surface area contributed by atoms with Gasteiger partial charge in [0.25, 0.3) is 0 Å². The van der Waals surface area contributed by atoms with Gasteiger partial charge in [-0.3, -0.25) is 0 Å². The molecule has 3 saturated carbocycles. The van der Waals surface area contributed by atoms with Crippen molar-refractivity contribution in [1.29, 1.82) is 0 Å². The molecule has 82 valence electrons. The van der Waals surface area contributed by atoms with Crippen molar-refractivity contribution in [2.24, 2.45) is 28.9 Å². The van der Waals surface area contributed by atoms with Crippen LogP contribution in [0.1, 0.15) is 52.4 Å². The Labute approximate surface area is 88.4 Å². The van der Waals surface area contributed by atoms with E-state index in [4.69, 9.17) is 5.73 Å². The Bertz CT molecular complexity index is 195. The molecule has 0 aromatic heterocycles. The van der Waals surface area contributed by atoms with Crippen molar-refractivity contribution in [3.8, 4) is 0 Å². The molecule has 3 unspecified atom stereocenters. The molecule has 3 fully saturated rings. The molecule has 3 aliphatic carbocycles. The highest BCUT2D eigenvalue weighted by atomic mass is 14.6. The number of unbranched alkanes of at least 4 members (excludes halogenated alkanes) is 1. The van der Waals surface area contributed by atoms with E-state index in [1.165, 1.54) is 38.5 Å². The lowest BCUT2D eigenvalue weighted by molar-refractivity contribution is -0.107. The fourth-order valence-electron chi connectivity index (χ4n) is 3.86. The fraction of sp³-hybridized carbons (Fsp3) is 1.00. The van der Waals surface area contributed by atoms with E-state index in [0.29, 0.717) is 5.41 Å². The second kappa shape index (κ2) is 3.84. The standard InChI is InChI=1S/C13H25N/c1-13(2)11-7-6-10(12(13)9-11)5-3-4-8-14/h10-12H,3-9,14H2,1-2H3. The van der Waals surface area contributed by atoms with Gasteiger partial charge in [-0.05, 0) is 55.4 Å². The van der Waals surface area contributed by atoms with Crippen LogP contribution in [0, 0.1) is 23.2 Å². The normalized spacial score (nSPS) is 39.2. The zero-order valence-corrected chi connectivity index (χ0v) is 9.76. The van der Waals surface area contributed by atoms with E-state index in [9.17, 15) is 0 Å². The average molecular weight is 195 g/mol. The zero-order valence-electron chi connectivity index (χ0n) is 9.76. The summed E-state index contributed by atoms with van der Waals surface area (Å²) >= 11 is 0. The number of hydrogen-bond donors (Lipinski definition) is 1. The predicted molar refractivity (Wildman–Crippen MR) is 61.0 cm³/mol. The Kier molecular flexibility index (Phi) is 2.88. The van der Waals surface area contributed by atoms with E-state index in [2.05, 4.69) is 13.8 Å². The van der Waals surface area contributed by atoms with Crippen molar-refractivity contribution < 1.29 is 0 Å². The van der Waals surface area contributed by atoms with Crippen molar-refractivity contribution in [3.05, 3.63) is 0 Å². The van der Waals surface area contributed by atoms with Crippen molar-refractivity contribution in [1.82, 2.24) is 0 Å². The lowest BCUT2D eigenvalue weighted by Crippen LogP contribution is -2.52. The van der Waals surface area contributed by atoms with Gasteiger partial charge in [-0.15, -0.1) is 0 Å². The topological polar surface area (TPSA) is 26.0 Å². The minimum absolute atomic E-state index is 0.672. The van der Waals surface area contributed by atoms with Gasteiger partial charge in [0.2, 0.25) is 0 Å². The first-order valence-corrected chi connectivity index (χ1v) is 6.36. The van der Waals surface area contributed by atoms with Crippen LogP contribution in [-0.2, 0) is 0 Å². The number of fused-ring (bicyclic) bond motifs is 2. The highest BCUT2D eigenvalue weighted by Gasteiger charge is 2.53. The molecule has 0 heterocycles. The van der Waals surface area contributed by atoms with Crippen LogP contribution in [0.2, 0.25) is 0 Å². The third kappa shape index (κ3) is 1.60. The Morgan fingerprint density at radius 3 is 2.57 bits per heavy atom. The summed E-state index contributed by atoms with van der Waals surface area (Å²) in [6.07, 6.45) is 8.56. The van der Waals surface area contributed by atoms with Crippen molar-refractivity contribution in [3.63, 3.8) is 0 Å². The molecule has 2 N–H and O–H groups in total. The highest BCUT2D eigenvalue weighted by Crippen LogP contribution is 2.62. The Balaban J connectivity index is 1.82. The number of hydrogen-bond acceptors (Lipinski definition) is 1. The molecule has 3 rings (SSSR count). The minimum atomic E-state index is 0.672. The molecule has 0 radical (unpaired) electrons. The first-order valence-electron chi connectivity index (χ1n) is 6.36. The Morgan fingerprint density at radius 1 is 1.21 bits per heavy atom. The van der Waals surface area contributed by atoms with Crippen LogP contribution >= 0.6 is 0 Å². The molecule has 0 saturated heterocycles. The van der Waals surface area contributed by atoms with Gasteiger partial charge in [0.05, 0.1) is 0 Å². The van der Waals surface area contributed by atoms with Crippen LogP contribution in [0.25, 0.3) is 0 Å². The largest absolute Gasteiger partial charge is 0.330 e. The van der Waals surface area contributed by atoms with Crippen LogP contribution in [0.4, 0.5) is 0 Å². The molecule has 14 heavy (non-hydrogen) atoms. The quantitative estimate of drug-likeness (QED) is 0.685. The fourth-order valence-corrected chi connectivity index (χ4v) is 3.86. The van der Waals surface area contributed by atoms with E-state index < -0.39 is 0 Å². The summed E-state index contributed by atoms with van der Waals surface area (Å²) in [7, 11) is 0. The van der Waals surface area contributed by atoms with Gasteiger partial charge in [-0.25, -0.2) is 0 Å². The van der Waals surface area contributed by atoms with Crippen LogP contribution in [-0.4, -0.2) is 6.54 Å². The minimum Gasteiger partial charge on any atom is -0.330 e. The molecule has 3 atom stereocenters. The summed E-state index contributed by atoms with van der Waals surface area (Å²) in [5, 5.41) is 0. The van der Waals surface area contributed by atoms with Crippen LogP contribution in [0.15, 0.2) is 0 Å². The maximum atomic E-state index is 5.54. The van der Waals surface area contributed by atoms with Gasteiger partial charge < -0.3 is 5.73 Å².